The first kappa shape index (κ1) is 10.8. The van der Waals surface area contributed by atoms with Crippen LogP contribution in [0.4, 0.5) is 5.82 Å². The highest BCUT2D eigenvalue weighted by molar-refractivity contribution is 5.84. The summed E-state index contributed by atoms with van der Waals surface area (Å²) in [5.74, 6) is 2.70. The lowest BCUT2D eigenvalue weighted by molar-refractivity contribution is 0.112. The van der Waals surface area contributed by atoms with E-state index in [1.54, 1.807) is 0 Å². The molecule has 1 aliphatic heterocycles. The third-order valence-corrected chi connectivity index (χ3v) is 4.38. The van der Waals surface area contributed by atoms with Crippen molar-refractivity contribution in [3.8, 4) is 0 Å². The second kappa shape index (κ2) is 3.86. The molecular weight excluding hydrogens is 214 g/mol. The van der Waals surface area contributed by atoms with Crippen LogP contribution in [0.25, 0.3) is 0 Å². The van der Waals surface area contributed by atoms with Crippen LogP contribution in [0, 0.1) is 18.8 Å². The summed E-state index contributed by atoms with van der Waals surface area (Å²) in [4.78, 5) is 13.5. The smallest absolute Gasteiger partial charge is 0.155 e. The summed E-state index contributed by atoms with van der Waals surface area (Å²) >= 11 is 0. The standard InChI is InChI=1S/C13H19N3O/c1-9-12(8-17)13(15(2)14-9)16-6-10-4-3-5-11(10)7-16/h8,10-11H,3-7H2,1-2H3. The molecule has 3 rings (SSSR count). The van der Waals surface area contributed by atoms with Gasteiger partial charge in [0.2, 0.25) is 0 Å². The third kappa shape index (κ3) is 1.58. The number of hydrogen-bond acceptors (Lipinski definition) is 3. The van der Waals surface area contributed by atoms with Gasteiger partial charge in [-0.25, -0.2) is 0 Å². The zero-order valence-corrected chi connectivity index (χ0v) is 10.5. The van der Waals surface area contributed by atoms with Crippen LogP contribution in [0.2, 0.25) is 0 Å². The Bertz CT molecular complexity index is 440. The first-order valence-corrected chi connectivity index (χ1v) is 6.44. The molecule has 2 aliphatic rings. The Balaban J connectivity index is 1.92. The highest BCUT2D eigenvalue weighted by atomic mass is 16.1. The average molecular weight is 233 g/mol. The number of hydrogen-bond donors (Lipinski definition) is 0. The minimum Gasteiger partial charge on any atom is -0.356 e. The fraction of sp³-hybridized carbons (Fsp3) is 0.692. The molecule has 1 aromatic heterocycles. The lowest BCUT2D eigenvalue weighted by atomic mass is 10.0. The van der Waals surface area contributed by atoms with E-state index in [9.17, 15) is 4.79 Å². The first-order valence-electron chi connectivity index (χ1n) is 6.44. The highest BCUT2D eigenvalue weighted by Gasteiger charge is 2.37. The van der Waals surface area contributed by atoms with Gasteiger partial charge in [-0.1, -0.05) is 6.42 Å². The number of carbonyl (C=O) groups is 1. The number of nitrogens with zero attached hydrogens (tertiary/aromatic N) is 3. The molecule has 2 heterocycles. The van der Waals surface area contributed by atoms with Crippen LogP contribution in [0.15, 0.2) is 0 Å². The van der Waals surface area contributed by atoms with E-state index < -0.39 is 0 Å². The number of carbonyl (C=O) groups excluding carboxylic acids is 1. The van der Waals surface area contributed by atoms with Crippen LogP contribution in [0.5, 0.6) is 0 Å². The Morgan fingerprint density at radius 1 is 1.29 bits per heavy atom. The Morgan fingerprint density at radius 3 is 2.53 bits per heavy atom. The lowest BCUT2D eigenvalue weighted by Crippen LogP contribution is -2.24. The molecule has 1 saturated carbocycles. The zero-order chi connectivity index (χ0) is 12.0. The van der Waals surface area contributed by atoms with E-state index in [0.717, 1.165) is 48.3 Å². The molecule has 0 aromatic carbocycles. The topological polar surface area (TPSA) is 38.1 Å². The van der Waals surface area contributed by atoms with E-state index in [0.29, 0.717) is 0 Å². The predicted octanol–water partition coefficient (Wildman–Crippen LogP) is 1.78. The van der Waals surface area contributed by atoms with Gasteiger partial charge in [0.1, 0.15) is 5.82 Å². The van der Waals surface area contributed by atoms with Crippen molar-refractivity contribution in [3.63, 3.8) is 0 Å². The molecule has 0 spiro atoms. The minimum atomic E-state index is 0.771. The molecule has 1 aromatic rings. The molecule has 2 fully saturated rings. The summed E-state index contributed by atoms with van der Waals surface area (Å²) in [7, 11) is 1.93. The van der Waals surface area contributed by atoms with Crippen molar-refractivity contribution in [1.82, 2.24) is 9.78 Å². The summed E-state index contributed by atoms with van der Waals surface area (Å²) in [6, 6.07) is 0. The molecular formula is C13H19N3O. The molecule has 1 saturated heterocycles. The lowest BCUT2D eigenvalue weighted by Gasteiger charge is -2.20. The van der Waals surface area contributed by atoms with Crippen molar-refractivity contribution < 1.29 is 4.79 Å². The summed E-state index contributed by atoms with van der Waals surface area (Å²) < 4.78 is 1.86. The van der Waals surface area contributed by atoms with E-state index in [2.05, 4.69) is 10.00 Å². The van der Waals surface area contributed by atoms with Gasteiger partial charge in [0.25, 0.3) is 0 Å². The summed E-state index contributed by atoms with van der Waals surface area (Å²) in [6.45, 7) is 4.11. The third-order valence-electron chi connectivity index (χ3n) is 4.38. The van der Waals surface area contributed by atoms with Gasteiger partial charge in [0, 0.05) is 20.1 Å². The molecule has 17 heavy (non-hydrogen) atoms. The Labute approximate surface area is 102 Å². The van der Waals surface area contributed by atoms with E-state index in [4.69, 9.17) is 0 Å². The van der Waals surface area contributed by atoms with Gasteiger partial charge in [0.15, 0.2) is 6.29 Å². The van der Waals surface area contributed by atoms with Crippen LogP contribution < -0.4 is 4.90 Å². The number of fused-ring (bicyclic) bond motifs is 1. The van der Waals surface area contributed by atoms with Crippen molar-refractivity contribution in [2.24, 2.45) is 18.9 Å². The molecule has 0 bridgehead atoms. The maximum Gasteiger partial charge on any atom is 0.155 e. The maximum absolute atomic E-state index is 11.2. The zero-order valence-electron chi connectivity index (χ0n) is 10.5. The average Bonchev–Trinajstić information content (AvgIpc) is 2.89. The molecule has 92 valence electrons. The predicted molar refractivity (Wildman–Crippen MR) is 66.4 cm³/mol. The molecule has 2 atom stereocenters. The molecule has 4 heteroatoms. The highest BCUT2D eigenvalue weighted by Crippen LogP contribution is 2.40. The van der Waals surface area contributed by atoms with Crippen LogP contribution in [-0.2, 0) is 7.05 Å². The van der Waals surface area contributed by atoms with Crippen molar-refractivity contribution in [2.75, 3.05) is 18.0 Å². The number of aldehydes is 1. The monoisotopic (exact) mass is 233 g/mol. The quantitative estimate of drug-likeness (QED) is 0.731. The fourth-order valence-corrected chi connectivity index (χ4v) is 3.58. The number of aromatic nitrogens is 2. The van der Waals surface area contributed by atoms with Crippen molar-refractivity contribution in [2.45, 2.75) is 26.2 Å². The molecule has 0 amide bonds. The molecule has 2 unspecified atom stereocenters. The van der Waals surface area contributed by atoms with E-state index in [-0.39, 0.29) is 0 Å². The maximum atomic E-state index is 11.2. The normalized spacial score (nSPS) is 27.5. The molecule has 0 radical (unpaired) electrons. The van der Waals surface area contributed by atoms with Crippen molar-refractivity contribution in [3.05, 3.63) is 11.3 Å². The molecule has 0 N–H and O–H groups in total. The summed E-state index contributed by atoms with van der Waals surface area (Å²) in [5.41, 5.74) is 1.61. The van der Waals surface area contributed by atoms with Gasteiger partial charge in [-0.2, -0.15) is 5.10 Å². The van der Waals surface area contributed by atoms with Crippen LogP contribution in [0.1, 0.15) is 35.3 Å². The summed E-state index contributed by atoms with van der Waals surface area (Å²) in [6.07, 6.45) is 5.04. The van der Waals surface area contributed by atoms with Gasteiger partial charge < -0.3 is 4.90 Å². The molecule has 4 nitrogen and oxygen atoms in total. The second-order valence-corrected chi connectivity index (χ2v) is 5.42. The number of aryl methyl sites for hydroxylation is 2. The number of anilines is 1. The Morgan fingerprint density at radius 2 is 1.94 bits per heavy atom. The Kier molecular flexibility index (Phi) is 2.45. The van der Waals surface area contributed by atoms with E-state index in [1.807, 2.05) is 18.7 Å². The fourth-order valence-electron chi connectivity index (χ4n) is 3.58. The van der Waals surface area contributed by atoms with E-state index >= 15 is 0 Å². The van der Waals surface area contributed by atoms with Crippen LogP contribution >= 0.6 is 0 Å². The number of rotatable bonds is 2. The first-order chi connectivity index (χ1) is 8.20. The van der Waals surface area contributed by atoms with Gasteiger partial charge in [-0.15, -0.1) is 0 Å². The van der Waals surface area contributed by atoms with E-state index in [1.165, 1.54) is 19.3 Å². The van der Waals surface area contributed by atoms with Crippen LogP contribution in [0.3, 0.4) is 0 Å². The minimum absolute atomic E-state index is 0.771. The largest absolute Gasteiger partial charge is 0.356 e. The van der Waals surface area contributed by atoms with Gasteiger partial charge in [-0.3, -0.25) is 9.48 Å². The Hall–Kier alpha value is -1.32. The van der Waals surface area contributed by atoms with Gasteiger partial charge in [0.05, 0.1) is 11.3 Å². The van der Waals surface area contributed by atoms with Crippen LogP contribution in [-0.4, -0.2) is 29.2 Å². The molecule has 1 aliphatic carbocycles. The van der Waals surface area contributed by atoms with Crippen molar-refractivity contribution >= 4 is 12.1 Å². The second-order valence-electron chi connectivity index (χ2n) is 5.42. The SMILES string of the molecule is Cc1nn(C)c(N2CC3CCCC3C2)c1C=O. The van der Waals surface area contributed by atoms with Crippen molar-refractivity contribution in [1.29, 1.82) is 0 Å². The summed E-state index contributed by atoms with van der Waals surface area (Å²) in [5, 5.41) is 4.36. The van der Waals surface area contributed by atoms with Gasteiger partial charge in [-0.05, 0) is 31.6 Å². The van der Waals surface area contributed by atoms with Gasteiger partial charge >= 0.3 is 0 Å².